The van der Waals surface area contributed by atoms with E-state index in [0.717, 1.165) is 37.7 Å². The molecule has 0 bridgehead atoms. The molecule has 7 heteroatoms. The van der Waals surface area contributed by atoms with Crippen molar-refractivity contribution in [2.75, 3.05) is 32.9 Å². The number of benzene rings is 1. The van der Waals surface area contributed by atoms with E-state index >= 15 is 0 Å². The minimum atomic E-state index is -0.255. The number of aromatic nitrogens is 2. The predicted octanol–water partition coefficient (Wildman–Crippen LogP) is 2.96. The molecule has 1 aliphatic carbocycles. The molecule has 1 unspecified atom stereocenters. The van der Waals surface area contributed by atoms with Crippen LogP contribution in [0.25, 0.3) is 0 Å². The topological polar surface area (TPSA) is 65.8 Å². The van der Waals surface area contributed by atoms with E-state index < -0.39 is 0 Å². The molecule has 1 saturated heterocycles. The summed E-state index contributed by atoms with van der Waals surface area (Å²) in [7, 11) is 0. The Bertz CT molecular complexity index is 931. The molecule has 3 aliphatic rings. The molecule has 3 heterocycles. The zero-order valence-corrected chi connectivity index (χ0v) is 18.0. The molecule has 5 rings (SSSR count). The summed E-state index contributed by atoms with van der Waals surface area (Å²) in [6, 6.07) is 10.6. The maximum Gasteiger partial charge on any atom is 0.300 e. The Balaban J connectivity index is 1.19. The molecule has 31 heavy (non-hydrogen) atoms. The predicted molar refractivity (Wildman–Crippen MR) is 117 cm³/mol. The van der Waals surface area contributed by atoms with Gasteiger partial charge in [0, 0.05) is 31.4 Å². The second-order valence-electron chi connectivity index (χ2n) is 8.82. The molecule has 1 aromatic carbocycles. The van der Waals surface area contributed by atoms with Crippen molar-refractivity contribution in [3.63, 3.8) is 0 Å². The molecule has 1 saturated carbocycles. The first-order valence-electron chi connectivity index (χ1n) is 11.5. The highest BCUT2D eigenvalue weighted by Crippen LogP contribution is 2.33. The van der Waals surface area contributed by atoms with Gasteiger partial charge in [-0.25, -0.2) is 0 Å². The third-order valence-electron chi connectivity index (χ3n) is 6.61. The molecule has 7 nitrogen and oxygen atoms in total. The van der Waals surface area contributed by atoms with E-state index in [1.165, 1.54) is 37.7 Å². The van der Waals surface area contributed by atoms with Crippen LogP contribution < -0.4 is 15.0 Å². The van der Waals surface area contributed by atoms with Crippen molar-refractivity contribution in [1.29, 1.82) is 0 Å². The minimum absolute atomic E-state index is 0.157. The monoisotopic (exact) mass is 425 g/mol. The fourth-order valence-corrected chi connectivity index (χ4v) is 4.87. The third-order valence-corrected chi connectivity index (χ3v) is 6.61. The van der Waals surface area contributed by atoms with Crippen molar-refractivity contribution in [3.8, 4) is 11.8 Å². The van der Waals surface area contributed by atoms with Crippen LogP contribution in [0.3, 0.4) is 0 Å². The summed E-state index contributed by atoms with van der Waals surface area (Å²) >= 11 is 0. The summed E-state index contributed by atoms with van der Waals surface area (Å²) in [6.45, 7) is 4.98. The molecule has 0 N–H and O–H groups in total. The lowest BCUT2D eigenvalue weighted by Crippen LogP contribution is -2.36. The van der Waals surface area contributed by atoms with Crippen molar-refractivity contribution in [2.24, 2.45) is 0 Å². The van der Waals surface area contributed by atoms with Crippen LogP contribution >= 0.6 is 0 Å². The molecule has 166 valence electrons. The second-order valence-corrected chi connectivity index (χ2v) is 8.82. The molecule has 1 aromatic heterocycles. The van der Waals surface area contributed by atoms with Crippen LogP contribution in [-0.2, 0) is 17.8 Å². The van der Waals surface area contributed by atoms with Crippen LogP contribution in [0, 0.1) is 0 Å². The average Bonchev–Trinajstić information content (AvgIpc) is 3.22. The maximum absolute atomic E-state index is 12.1. The molecule has 2 fully saturated rings. The van der Waals surface area contributed by atoms with Crippen LogP contribution in [0.1, 0.15) is 49.3 Å². The molecular formula is C24H31N3O4. The molecule has 0 radical (unpaired) electrons. The van der Waals surface area contributed by atoms with E-state index in [4.69, 9.17) is 14.2 Å². The number of fused-ring (bicyclic) bond motifs is 1. The van der Waals surface area contributed by atoms with E-state index in [2.05, 4.69) is 34.1 Å². The Morgan fingerprint density at radius 3 is 2.61 bits per heavy atom. The van der Waals surface area contributed by atoms with Crippen molar-refractivity contribution >= 4 is 0 Å². The van der Waals surface area contributed by atoms with Gasteiger partial charge in [0.1, 0.15) is 12.4 Å². The zero-order valence-electron chi connectivity index (χ0n) is 18.0. The third kappa shape index (κ3) is 4.93. The summed E-state index contributed by atoms with van der Waals surface area (Å²) < 4.78 is 19.4. The first kappa shape index (κ1) is 20.5. The number of hydrogen-bond acceptors (Lipinski definition) is 6. The van der Waals surface area contributed by atoms with Gasteiger partial charge in [0.05, 0.1) is 19.8 Å². The van der Waals surface area contributed by atoms with Crippen molar-refractivity contribution in [2.45, 2.75) is 57.2 Å². The number of ether oxygens (including phenoxy) is 3. The average molecular weight is 426 g/mol. The van der Waals surface area contributed by atoms with Gasteiger partial charge in [-0.1, -0.05) is 31.4 Å². The molecule has 0 spiro atoms. The Kier molecular flexibility index (Phi) is 6.22. The Hall–Kier alpha value is -2.38. The SMILES string of the molecule is O=c1cc(CN2CCOCC2)n2c(n1)OC(COc1ccc(C3CCCCC3)cc1)C2. The molecule has 1 atom stereocenters. The first-order chi connectivity index (χ1) is 15.2. The Morgan fingerprint density at radius 2 is 1.84 bits per heavy atom. The highest BCUT2D eigenvalue weighted by molar-refractivity contribution is 5.29. The number of nitrogens with zero attached hydrogens (tertiary/aromatic N) is 3. The van der Waals surface area contributed by atoms with Crippen LogP contribution in [0.4, 0.5) is 0 Å². The smallest absolute Gasteiger partial charge is 0.300 e. The summed E-state index contributed by atoms with van der Waals surface area (Å²) in [5.41, 5.74) is 2.11. The molecular weight excluding hydrogens is 394 g/mol. The molecule has 2 aromatic rings. The lowest BCUT2D eigenvalue weighted by molar-refractivity contribution is 0.0331. The van der Waals surface area contributed by atoms with Gasteiger partial charge in [0.25, 0.3) is 5.56 Å². The number of rotatable bonds is 6. The van der Waals surface area contributed by atoms with E-state index in [9.17, 15) is 4.79 Å². The summed E-state index contributed by atoms with van der Waals surface area (Å²) in [6.07, 6.45) is 6.49. The van der Waals surface area contributed by atoms with Gasteiger partial charge in [-0.15, -0.1) is 0 Å². The normalized spacial score (nSPS) is 22.1. The van der Waals surface area contributed by atoms with Crippen LogP contribution in [0.5, 0.6) is 11.8 Å². The Labute approximate surface area is 182 Å². The molecule has 0 amide bonds. The van der Waals surface area contributed by atoms with Crippen LogP contribution in [0.15, 0.2) is 35.1 Å². The summed E-state index contributed by atoms with van der Waals surface area (Å²) in [5, 5.41) is 0. The highest BCUT2D eigenvalue weighted by atomic mass is 16.6. The van der Waals surface area contributed by atoms with Crippen molar-refractivity contribution < 1.29 is 14.2 Å². The van der Waals surface area contributed by atoms with Gasteiger partial charge in [-0.3, -0.25) is 14.3 Å². The summed E-state index contributed by atoms with van der Waals surface area (Å²) in [5.74, 6) is 1.55. The lowest BCUT2D eigenvalue weighted by Gasteiger charge is -2.27. The van der Waals surface area contributed by atoms with E-state index in [0.29, 0.717) is 31.6 Å². The molecule has 2 aliphatic heterocycles. The summed E-state index contributed by atoms with van der Waals surface area (Å²) in [4.78, 5) is 18.4. The van der Waals surface area contributed by atoms with Crippen LogP contribution in [-0.4, -0.2) is 53.5 Å². The van der Waals surface area contributed by atoms with Gasteiger partial charge in [0.2, 0.25) is 0 Å². The van der Waals surface area contributed by atoms with Crippen molar-refractivity contribution in [3.05, 3.63) is 51.9 Å². The van der Waals surface area contributed by atoms with E-state index in [-0.39, 0.29) is 11.7 Å². The fraction of sp³-hybridized carbons (Fsp3) is 0.583. The van der Waals surface area contributed by atoms with Gasteiger partial charge < -0.3 is 14.2 Å². The maximum atomic E-state index is 12.1. The second kappa shape index (κ2) is 9.40. The van der Waals surface area contributed by atoms with E-state index in [1.54, 1.807) is 6.07 Å². The minimum Gasteiger partial charge on any atom is -0.490 e. The lowest BCUT2D eigenvalue weighted by atomic mass is 9.84. The Morgan fingerprint density at radius 1 is 1.06 bits per heavy atom. The largest absolute Gasteiger partial charge is 0.490 e. The standard InChI is InChI=1S/C24H31N3O4/c28-23-14-20(15-26-10-12-29-13-11-26)27-16-22(31-24(27)25-23)17-30-21-8-6-19(7-9-21)18-4-2-1-3-5-18/h6-9,14,18,22H,1-5,10-13,15-17H2. The number of morpholine rings is 1. The van der Waals surface area contributed by atoms with Gasteiger partial charge in [-0.2, -0.15) is 4.98 Å². The quantitative estimate of drug-likeness (QED) is 0.709. The van der Waals surface area contributed by atoms with Gasteiger partial charge in [0.15, 0.2) is 6.10 Å². The fourth-order valence-electron chi connectivity index (χ4n) is 4.87. The van der Waals surface area contributed by atoms with Gasteiger partial charge >= 0.3 is 6.01 Å². The number of hydrogen-bond donors (Lipinski definition) is 0. The highest BCUT2D eigenvalue weighted by Gasteiger charge is 2.27. The first-order valence-corrected chi connectivity index (χ1v) is 11.5. The van der Waals surface area contributed by atoms with Crippen molar-refractivity contribution in [1.82, 2.24) is 14.5 Å². The zero-order chi connectivity index (χ0) is 21.0. The van der Waals surface area contributed by atoms with E-state index in [1.807, 2.05) is 4.57 Å². The van der Waals surface area contributed by atoms with Gasteiger partial charge in [-0.05, 0) is 36.5 Å². The van der Waals surface area contributed by atoms with Crippen LogP contribution in [0.2, 0.25) is 0 Å².